The number of piperidine rings is 1. The summed E-state index contributed by atoms with van der Waals surface area (Å²) in [5.41, 5.74) is 11.7. The summed E-state index contributed by atoms with van der Waals surface area (Å²) in [5.74, 6) is -0.892. The number of nitrogens with two attached hydrogens (primary N) is 2. The number of benzene rings is 1. The van der Waals surface area contributed by atoms with Crippen LogP contribution in [-0.2, 0) is 9.59 Å². The third-order valence-electron chi connectivity index (χ3n) is 3.61. The Morgan fingerprint density at radius 1 is 1.21 bits per heavy atom. The van der Waals surface area contributed by atoms with E-state index in [9.17, 15) is 9.59 Å². The molecule has 1 aliphatic rings. The first kappa shape index (κ1) is 13.5. The molecule has 1 saturated heterocycles. The van der Waals surface area contributed by atoms with Gasteiger partial charge in [-0.1, -0.05) is 30.3 Å². The summed E-state index contributed by atoms with van der Waals surface area (Å²) in [5, 5.41) is 0. The number of hydrogen-bond donors (Lipinski definition) is 2. The fraction of sp³-hybridized carbons (Fsp3) is 0.429. The van der Waals surface area contributed by atoms with Gasteiger partial charge in [0.1, 0.15) is 6.04 Å². The molecular weight excluding hydrogens is 242 g/mol. The van der Waals surface area contributed by atoms with E-state index in [1.54, 1.807) is 0 Å². The molecule has 2 atom stereocenters. The lowest BCUT2D eigenvalue weighted by atomic mass is 9.94. The second kappa shape index (κ2) is 5.84. The third-order valence-corrected chi connectivity index (χ3v) is 3.61. The fourth-order valence-electron chi connectivity index (χ4n) is 2.66. The maximum atomic E-state index is 11.7. The first-order valence-electron chi connectivity index (χ1n) is 6.47. The zero-order valence-electron chi connectivity index (χ0n) is 10.8. The number of amides is 2. The van der Waals surface area contributed by atoms with Crippen LogP contribution >= 0.6 is 0 Å². The number of hydrogen-bond acceptors (Lipinski definition) is 3. The van der Waals surface area contributed by atoms with E-state index >= 15 is 0 Å². The molecule has 0 saturated carbocycles. The van der Waals surface area contributed by atoms with Crippen LogP contribution in [0.25, 0.3) is 0 Å². The smallest absolute Gasteiger partial charge is 0.239 e. The van der Waals surface area contributed by atoms with Crippen LogP contribution in [0, 0.1) is 5.92 Å². The first-order chi connectivity index (χ1) is 9.09. The molecule has 1 aromatic carbocycles. The van der Waals surface area contributed by atoms with Crippen molar-refractivity contribution in [3.8, 4) is 0 Å². The van der Waals surface area contributed by atoms with Crippen molar-refractivity contribution in [1.82, 2.24) is 4.90 Å². The summed E-state index contributed by atoms with van der Waals surface area (Å²) < 4.78 is 0. The summed E-state index contributed by atoms with van der Waals surface area (Å²) in [7, 11) is 0. The molecule has 0 spiro atoms. The molecule has 1 aromatic rings. The van der Waals surface area contributed by atoms with Crippen molar-refractivity contribution in [2.75, 3.05) is 13.1 Å². The highest BCUT2D eigenvalue weighted by Gasteiger charge is 2.32. The van der Waals surface area contributed by atoms with Crippen molar-refractivity contribution < 1.29 is 9.59 Å². The minimum Gasteiger partial charge on any atom is -0.369 e. The van der Waals surface area contributed by atoms with E-state index in [2.05, 4.69) is 0 Å². The van der Waals surface area contributed by atoms with Gasteiger partial charge in [-0.15, -0.1) is 0 Å². The minimum atomic E-state index is -0.483. The van der Waals surface area contributed by atoms with Gasteiger partial charge in [0, 0.05) is 6.54 Å². The van der Waals surface area contributed by atoms with E-state index in [0.717, 1.165) is 24.9 Å². The van der Waals surface area contributed by atoms with Crippen molar-refractivity contribution in [3.63, 3.8) is 0 Å². The average Bonchev–Trinajstić information content (AvgIpc) is 2.40. The SMILES string of the molecule is NC(=O)[C@H]1CCCN([C@H](C(N)=O)c2ccccc2)C1. The monoisotopic (exact) mass is 261 g/mol. The second-order valence-electron chi connectivity index (χ2n) is 4.95. The lowest BCUT2D eigenvalue weighted by molar-refractivity contribution is -0.128. The van der Waals surface area contributed by atoms with Crippen LogP contribution in [0.4, 0.5) is 0 Å². The second-order valence-corrected chi connectivity index (χ2v) is 4.95. The van der Waals surface area contributed by atoms with Gasteiger partial charge in [0.2, 0.25) is 11.8 Å². The van der Waals surface area contributed by atoms with Crippen molar-refractivity contribution in [2.45, 2.75) is 18.9 Å². The van der Waals surface area contributed by atoms with Crippen LogP contribution < -0.4 is 11.5 Å². The Hall–Kier alpha value is -1.88. The molecule has 0 unspecified atom stereocenters. The number of carbonyl (C=O) groups excluding carboxylic acids is 2. The van der Waals surface area contributed by atoms with Gasteiger partial charge in [-0.05, 0) is 24.9 Å². The fourth-order valence-corrected chi connectivity index (χ4v) is 2.66. The molecule has 4 N–H and O–H groups in total. The maximum absolute atomic E-state index is 11.7. The normalized spacial score (nSPS) is 21.8. The van der Waals surface area contributed by atoms with E-state index in [1.807, 2.05) is 35.2 Å². The van der Waals surface area contributed by atoms with E-state index in [0.29, 0.717) is 6.54 Å². The summed E-state index contributed by atoms with van der Waals surface area (Å²) in [4.78, 5) is 25.0. The van der Waals surface area contributed by atoms with Crippen molar-refractivity contribution >= 4 is 11.8 Å². The first-order valence-corrected chi connectivity index (χ1v) is 6.47. The molecule has 102 valence electrons. The van der Waals surface area contributed by atoms with Crippen molar-refractivity contribution in [2.24, 2.45) is 17.4 Å². The van der Waals surface area contributed by atoms with Gasteiger partial charge in [-0.3, -0.25) is 14.5 Å². The molecule has 0 bridgehead atoms. The predicted molar refractivity (Wildman–Crippen MR) is 71.9 cm³/mol. The van der Waals surface area contributed by atoms with E-state index in [1.165, 1.54) is 0 Å². The number of carbonyl (C=O) groups is 2. The highest BCUT2D eigenvalue weighted by Crippen LogP contribution is 2.26. The summed E-state index contributed by atoms with van der Waals surface area (Å²) in [6.07, 6.45) is 1.64. The Morgan fingerprint density at radius 3 is 2.47 bits per heavy atom. The van der Waals surface area contributed by atoms with Crippen LogP contribution in [0.15, 0.2) is 30.3 Å². The molecule has 0 aliphatic carbocycles. The van der Waals surface area contributed by atoms with E-state index in [-0.39, 0.29) is 11.8 Å². The lowest BCUT2D eigenvalue weighted by Crippen LogP contribution is -2.46. The molecule has 1 aliphatic heterocycles. The average molecular weight is 261 g/mol. The summed E-state index contributed by atoms with van der Waals surface area (Å²) in [6.45, 7) is 1.25. The molecule has 5 nitrogen and oxygen atoms in total. The van der Waals surface area contributed by atoms with Gasteiger partial charge in [0.25, 0.3) is 0 Å². The minimum absolute atomic E-state index is 0.195. The molecule has 0 aromatic heterocycles. The number of primary amides is 2. The van der Waals surface area contributed by atoms with Crippen LogP contribution in [0.5, 0.6) is 0 Å². The molecule has 0 radical (unpaired) electrons. The van der Waals surface area contributed by atoms with Crippen molar-refractivity contribution in [1.29, 1.82) is 0 Å². The molecular formula is C14H19N3O2. The van der Waals surface area contributed by atoms with Gasteiger partial charge in [-0.25, -0.2) is 0 Å². The quantitative estimate of drug-likeness (QED) is 0.822. The Bertz CT molecular complexity index is 461. The number of likely N-dealkylation sites (tertiary alicyclic amines) is 1. The Balaban J connectivity index is 2.20. The number of rotatable bonds is 4. The van der Waals surface area contributed by atoms with Gasteiger partial charge in [-0.2, -0.15) is 0 Å². The zero-order chi connectivity index (χ0) is 13.8. The molecule has 2 rings (SSSR count). The number of nitrogens with zero attached hydrogens (tertiary/aromatic N) is 1. The summed E-state index contributed by atoms with van der Waals surface area (Å²) in [6, 6.07) is 8.92. The largest absolute Gasteiger partial charge is 0.369 e. The van der Waals surface area contributed by atoms with Crippen molar-refractivity contribution in [3.05, 3.63) is 35.9 Å². The van der Waals surface area contributed by atoms with Gasteiger partial charge >= 0.3 is 0 Å². The van der Waals surface area contributed by atoms with E-state index in [4.69, 9.17) is 11.5 Å². The molecule has 1 fully saturated rings. The third kappa shape index (κ3) is 3.12. The maximum Gasteiger partial charge on any atom is 0.239 e. The highest BCUT2D eigenvalue weighted by atomic mass is 16.2. The van der Waals surface area contributed by atoms with E-state index < -0.39 is 11.9 Å². The summed E-state index contributed by atoms with van der Waals surface area (Å²) >= 11 is 0. The molecule has 2 amide bonds. The highest BCUT2D eigenvalue weighted by molar-refractivity contribution is 5.82. The van der Waals surface area contributed by atoms with Gasteiger partial charge < -0.3 is 11.5 Å². The topological polar surface area (TPSA) is 89.4 Å². The Labute approximate surface area is 112 Å². The van der Waals surface area contributed by atoms with Gasteiger partial charge in [0.05, 0.1) is 5.92 Å². The van der Waals surface area contributed by atoms with Crippen LogP contribution in [0.2, 0.25) is 0 Å². The molecule has 1 heterocycles. The van der Waals surface area contributed by atoms with Crippen LogP contribution in [0.3, 0.4) is 0 Å². The standard InChI is InChI=1S/C14H19N3O2/c15-13(18)11-7-4-8-17(9-11)12(14(16)19)10-5-2-1-3-6-10/h1-3,5-6,11-12H,4,7-9H2,(H2,15,18)(H2,16,19)/t11-,12-/m0/s1. The predicted octanol–water partition coefficient (Wildman–Crippen LogP) is 0.410. The Kier molecular flexibility index (Phi) is 4.16. The Morgan fingerprint density at radius 2 is 1.89 bits per heavy atom. The van der Waals surface area contributed by atoms with Gasteiger partial charge in [0.15, 0.2) is 0 Å². The lowest BCUT2D eigenvalue weighted by Gasteiger charge is -2.35. The molecule has 19 heavy (non-hydrogen) atoms. The van der Waals surface area contributed by atoms with Crippen LogP contribution in [0.1, 0.15) is 24.4 Å². The molecule has 5 heteroatoms. The van der Waals surface area contributed by atoms with Crippen LogP contribution in [-0.4, -0.2) is 29.8 Å². The zero-order valence-corrected chi connectivity index (χ0v) is 10.8.